The fraction of sp³-hybridized carbons (Fsp3) is 0.136. The molecule has 0 bridgehead atoms. The Morgan fingerprint density at radius 2 is 1.93 bits per heavy atom. The molecule has 2 heterocycles. The molecule has 0 unspecified atom stereocenters. The normalized spacial score (nSPS) is 10.8. The van der Waals surface area contributed by atoms with Crippen LogP contribution in [0.4, 0.5) is 0 Å². The van der Waals surface area contributed by atoms with E-state index >= 15 is 0 Å². The molecule has 4 aromatic rings. The van der Waals surface area contributed by atoms with Gasteiger partial charge in [0.1, 0.15) is 6.61 Å². The molecular formula is C22H19N3O2S2. The van der Waals surface area contributed by atoms with Crippen LogP contribution < -0.4 is 0 Å². The van der Waals surface area contributed by atoms with E-state index in [0.717, 1.165) is 27.5 Å². The van der Waals surface area contributed by atoms with Crippen molar-refractivity contribution in [1.82, 2.24) is 14.8 Å². The zero-order chi connectivity index (χ0) is 20.1. The van der Waals surface area contributed by atoms with Crippen LogP contribution in [0, 0.1) is 6.92 Å². The number of aromatic nitrogens is 3. The summed E-state index contributed by atoms with van der Waals surface area (Å²) in [6, 6.07) is 21.8. The van der Waals surface area contributed by atoms with Crippen LogP contribution in [0.3, 0.4) is 0 Å². The minimum atomic E-state index is -0.282. The Balaban J connectivity index is 1.52. The highest BCUT2D eigenvalue weighted by atomic mass is 32.2. The van der Waals surface area contributed by atoms with Gasteiger partial charge in [0.25, 0.3) is 0 Å². The minimum absolute atomic E-state index is 0.168. The SMILES string of the molecule is Cc1cccc(-n2c(SCC(=O)OCc3ccccc3)nnc2-c2cccs2)c1. The van der Waals surface area contributed by atoms with Crippen molar-refractivity contribution < 1.29 is 9.53 Å². The molecule has 0 aliphatic rings. The Labute approximate surface area is 177 Å². The summed E-state index contributed by atoms with van der Waals surface area (Å²) in [5.74, 6) is 0.655. The van der Waals surface area contributed by atoms with Gasteiger partial charge in [-0.1, -0.05) is 60.3 Å². The standard InChI is InChI=1S/C22H19N3O2S2/c1-16-7-5-10-18(13-16)25-21(19-11-6-12-28-19)23-24-22(25)29-15-20(26)27-14-17-8-3-2-4-9-17/h2-13H,14-15H2,1H3. The van der Waals surface area contributed by atoms with E-state index in [4.69, 9.17) is 4.74 Å². The van der Waals surface area contributed by atoms with Gasteiger partial charge in [0.2, 0.25) is 0 Å². The van der Waals surface area contributed by atoms with Gasteiger partial charge in [0, 0.05) is 0 Å². The molecule has 2 aromatic heterocycles. The molecule has 0 N–H and O–H groups in total. The van der Waals surface area contributed by atoms with Gasteiger partial charge in [-0.3, -0.25) is 9.36 Å². The number of hydrogen-bond acceptors (Lipinski definition) is 6. The number of aryl methyl sites for hydroxylation is 1. The van der Waals surface area contributed by atoms with Crippen molar-refractivity contribution >= 4 is 29.1 Å². The predicted octanol–water partition coefficient (Wildman–Crippen LogP) is 5.14. The Morgan fingerprint density at radius 1 is 1.07 bits per heavy atom. The fourth-order valence-corrected chi connectivity index (χ4v) is 4.28. The number of ether oxygens (including phenoxy) is 1. The third kappa shape index (κ3) is 4.75. The summed E-state index contributed by atoms with van der Waals surface area (Å²) in [7, 11) is 0. The molecule has 0 aliphatic heterocycles. The van der Waals surface area contributed by atoms with Crippen LogP contribution in [0.25, 0.3) is 16.4 Å². The summed E-state index contributed by atoms with van der Waals surface area (Å²) in [6.07, 6.45) is 0. The molecule has 0 amide bonds. The zero-order valence-electron chi connectivity index (χ0n) is 15.8. The number of carbonyl (C=O) groups is 1. The molecule has 0 aliphatic carbocycles. The summed E-state index contributed by atoms with van der Waals surface area (Å²) >= 11 is 2.94. The summed E-state index contributed by atoms with van der Waals surface area (Å²) < 4.78 is 7.37. The highest BCUT2D eigenvalue weighted by molar-refractivity contribution is 7.99. The lowest BCUT2D eigenvalue weighted by Crippen LogP contribution is -2.08. The highest BCUT2D eigenvalue weighted by Gasteiger charge is 2.18. The molecule has 0 saturated carbocycles. The predicted molar refractivity (Wildman–Crippen MR) is 116 cm³/mol. The average Bonchev–Trinajstić information content (AvgIpc) is 3.41. The largest absolute Gasteiger partial charge is 0.460 e. The second-order valence-electron chi connectivity index (χ2n) is 6.39. The molecule has 7 heteroatoms. The van der Waals surface area contributed by atoms with Crippen LogP contribution in [0.15, 0.2) is 77.3 Å². The lowest BCUT2D eigenvalue weighted by Gasteiger charge is -2.10. The molecule has 2 aromatic carbocycles. The molecule has 0 atom stereocenters. The first kappa shape index (κ1) is 19.4. The number of nitrogens with zero attached hydrogens (tertiary/aromatic N) is 3. The number of carbonyl (C=O) groups excluding carboxylic acids is 1. The van der Waals surface area contributed by atoms with Crippen molar-refractivity contribution in [2.75, 3.05) is 5.75 Å². The van der Waals surface area contributed by atoms with Crippen molar-refractivity contribution in [1.29, 1.82) is 0 Å². The van der Waals surface area contributed by atoms with Gasteiger partial charge in [-0.15, -0.1) is 21.5 Å². The van der Waals surface area contributed by atoms with Gasteiger partial charge in [0.15, 0.2) is 11.0 Å². The Bertz CT molecular complexity index is 1090. The first-order chi connectivity index (χ1) is 14.2. The van der Waals surface area contributed by atoms with Crippen molar-refractivity contribution in [2.45, 2.75) is 18.7 Å². The quantitative estimate of drug-likeness (QED) is 0.305. The molecule has 0 fully saturated rings. The number of benzene rings is 2. The summed E-state index contributed by atoms with van der Waals surface area (Å²) in [6.45, 7) is 2.32. The molecule has 29 heavy (non-hydrogen) atoms. The smallest absolute Gasteiger partial charge is 0.316 e. The van der Waals surface area contributed by atoms with E-state index in [1.165, 1.54) is 11.8 Å². The molecule has 0 saturated heterocycles. The summed E-state index contributed by atoms with van der Waals surface area (Å²) in [5, 5.41) is 11.4. The van der Waals surface area contributed by atoms with Crippen molar-refractivity contribution in [2.24, 2.45) is 0 Å². The van der Waals surface area contributed by atoms with Gasteiger partial charge in [0.05, 0.1) is 16.3 Å². The zero-order valence-corrected chi connectivity index (χ0v) is 17.5. The monoisotopic (exact) mass is 421 g/mol. The van der Waals surface area contributed by atoms with E-state index in [1.807, 2.05) is 77.5 Å². The Morgan fingerprint density at radius 3 is 2.69 bits per heavy atom. The van der Waals surface area contributed by atoms with Crippen LogP contribution in [0.2, 0.25) is 0 Å². The van der Waals surface area contributed by atoms with Crippen molar-refractivity contribution in [3.8, 4) is 16.4 Å². The minimum Gasteiger partial charge on any atom is -0.460 e. The summed E-state index contributed by atoms with van der Waals surface area (Å²) in [5.41, 5.74) is 3.08. The van der Waals surface area contributed by atoms with Gasteiger partial charge in [-0.05, 0) is 41.6 Å². The van der Waals surface area contributed by atoms with E-state index in [2.05, 4.69) is 16.3 Å². The lowest BCUT2D eigenvalue weighted by molar-refractivity contribution is -0.141. The summed E-state index contributed by atoms with van der Waals surface area (Å²) in [4.78, 5) is 13.3. The van der Waals surface area contributed by atoms with E-state index in [-0.39, 0.29) is 18.3 Å². The lowest BCUT2D eigenvalue weighted by atomic mass is 10.2. The highest BCUT2D eigenvalue weighted by Crippen LogP contribution is 2.30. The van der Waals surface area contributed by atoms with Gasteiger partial charge < -0.3 is 4.74 Å². The molecule has 146 valence electrons. The van der Waals surface area contributed by atoms with Gasteiger partial charge in [-0.25, -0.2) is 0 Å². The van der Waals surface area contributed by atoms with E-state index in [0.29, 0.717) is 5.16 Å². The second-order valence-corrected chi connectivity index (χ2v) is 8.28. The van der Waals surface area contributed by atoms with E-state index in [1.54, 1.807) is 11.3 Å². The molecule has 0 spiro atoms. The number of rotatable bonds is 7. The van der Waals surface area contributed by atoms with Gasteiger partial charge in [-0.2, -0.15) is 0 Å². The molecule has 4 rings (SSSR count). The van der Waals surface area contributed by atoms with Crippen LogP contribution in [0.5, 0.6) is 0 Å². The third-order valence-corrected chi connectivity index (χ3v) is 5.96. The maximum Gasteiger partial charge on any atom is 0.316 e. The maximum absolute atomic E-state index is 12.2. The van der Waals surface area contributed by atoms with Crippen LogP contribution >= 0.6 is 23.1 Å². The number of hydrogen-bond donors (Lipinski definition) is 0. The number of thioether (sulfide) groups is 1. The molecule has 0 radical (unpaired) electrons. The Hall–Kier alpha value is -2.90. The van der Waals surface area contributed by atoms with Crippen molar-refractivity contribution in [3.05, 3.63) is 83.2 Å². The van der Waals surface area contributed by atoms with Gasteiger partial charge >= 0.3 is 5.97 Å². The number of thiophene rings is 1. The van der Waals surface area contributed by atoms with Crippen LogP contribution in [0.1, 0.15) is 11.1 Å². The first-order valence-electron chi connectivity index (χ1n) is 9.09. The van der Waals surface area contributed by atoms with Crippen LogP contribution in [-0.4, -0.2) is 26.5 Å². The maximum atomic E-state index is 12.2. The topological polar surface area (TPSA) is 57.0 Å². The average molecular weight is 422 g/mol. The third-order valence-electron chi connectivity index (χ3n) is 4.20. The first-order valence-corrected chi connectivity index (χ1v) is 11.0. The Kier molecular flexibility index (Phi) is 6.07. The second kappa shape index (κ2) is 9.07. The van der Waals surface area contributed by atoms with Crippen molar-refractivity contribution in [3.63, 3.8) is 0 Å². The van der Waals surface area contributed by atoms with Crippen LogP contribution in [-0.2, 0) is 16.1 Å². The number of esters is 1. The molecule has 5 nitrogen and oxygen atoms in total. The molecular weight excluding hydrogens is 402 g/mol. The van der Waals surface area contributed by atoms with E-state index < -0.39 is 0 Å². The van der Waals surface area contributed by atoms with E-state index in [9.17, 15) is 4.79 Å². The fourth-order valence-electron chi connectivity index (χ4n) is 2.83.